The molecule has 390 valence electrons. The van der Waals surface area contributed by atoms with Crippen molar-refractivity contribution >= 4 is 130 Å². The van der Waals surface area contributed by atoms with Crippen LogP contribution in [0.4, 0.5) is 0 Å². The predicted molar refractivity (Wildman–Crippen MR) is 353 cm³/mol. The van der Waals surface area contributed by atoms with E-state index >= 15 is 0 Å². The second kappa shape index (κ2) is 17.0. The van der Waals surface area contributed by atoms with Gasteiger partial charge in [-0.1, -0.05) is 206 Å². The van der Waals surface area contributed by atoms with Gasteiger partial charge in [-0.05, 0) is 92.7 Å². The Morgan fingerprint density at radius 2 is 0.659 bits per heavy atom. The molecule has 0 bridgehead atoms. The molecular formula is C78H42N6S. The van der Waals surface area contributed by atoms with Crippen LogP contribution in [0.1, 0.15) is 11.1 Å². The van der Waals surface area contributed by atoms with Gasteiger partial charge in [-0.3, -0.25) is 0 Å². The molecule has 0 spiro atoms. The lowest BCUT2D eigenvalue weighted by molar-refractivity contribution is 1.02. The zero-order chi connectivity index (χ0) is 55.8. The van der Waals surface area contributed by atoms with Gasteiger partial charge < -0.3 is 18.3 Å². The lowest BCUT2D eigenvalue weighted by Crippen LogP contribution is -2.17. The van der Waals surface area contributed by atoms with Gasteiger partial charge in [-0.25, -0.2) is 0 Å². The number of para-hydroxylation sites is 6. The molecule has 0 amide bonds. The molecule has 6 nitrogen and oxygen atoms in total. The average molecular weight is 1100 g/mol. The minimum absolute atomic E-state index is 0.371. The van der Waals surface area contributed by atoms with E-state index in [-0.39, 0.29) is 0 Å². The molecule has 18 aromatic rings. The first-order chi connectivity index (χ1) is 42.2. The maximum absolute atomic E-state index is 12.8. The summed E-state index contributed by atoms with van der Waals surface area (Å²) in [7, 11) is 0. The highest BCUT2D eigenvalue weighted by Crippen LogP contribution is 2.53. The van der Waals surface area contributed by atoms with Gasteiger partial charge in [0.2, 0.25) is 0 Å². The summed E-state index contributed by atoms with van der Waals surface area (Å²) in [5.41, 5.74) is 18.0. The molecule has 0 saturated heterocycles. The van der Waals surface area contributed by atoms with Crippen LogP contribution in [0.5, 0.6) is 0 Å². The van der Waals surface area contributed by atoms with Crippen molar-refractivity contribution in [3.63, 3.8) is 0 Å². The van der Waals surface area contributed by atoms with Gasteiger partial charge in [0.1, 0.15) is 23.3 Å². The summed E-state index contributed by atoms with van der Waals surface area (Å²) in [5.74, 6) is 0. The highest BCUT2D eigenvalue weighted by Gasteiger charge is 2.35. The third-order valence-corrected chi connectivity index (χ3v) is 19.6. The summed E-state index contributed by atoms with van der Waals surface area (Å²) in [5, 5.41) is 38.8. The minimum Gasteiger partial charge on any atom is -0.306 e. The summed E-state index contributed by atoms with van der Waals surface area (Å²) >= 11 is 1.79. The van der Waals surface area contributed by atoms with Gasteiger partial charge in [0, 0.05) is 58.6 Å². The number of hydrogen-bond acceptors (Lipinski definition) is 3. The van der Waals surface area contributed by atoms with Crippen LogP contribution in [-0.4, -0.2) is 18.3 Å². The zero-order valence-corrected chi connectivity index (χ0v) is 46.2. The Morgan fingerprint density at radius 3 is 1.18 bits per heavy atom. The molecule has 0 N–H and O–H groups in total. The Bertz CT molecular complexity index is 5800. The molecular weight excluding hydrogens is 1050 g/mol. The van der Waals surface area contributed by atoms with Crippen LogP contribution < -0.4 is 0 Å². The maximum Gasteiger partial charge on any atom is 0.104 e. The van der Waals surface area contributed by atoms with Crippen LogP contribution in [0.15, 0.2) is 255 Å². The predicted octanol–water partition coefficient (Wildman–Crippen LogP) is 20.7. The van der Waals surface area contributed by atoms with E-state index in [9.17, 15) is 10.5 Å². The lowest BCUT2D eigenvalue weighted by Gasteiger charge is -2.27. The van der Waals surface area contributed by atoms with Crippen LogP contribution in [-0.2, 0) is 0 Å². The van der Waals surface area contributed by atoms with E-state index in [1.807, 2.05) is 0 Å². The van der Waals surface area contributed by atoms with E-state index < -0.39 is 0 Å². The lowest BCUT2D eigenvalue weighted by atomic mass is 9.94. The summed E-state index contributed by atoms with van der Waals surface area (Å²) in [6, 6.07) is 97.3. The maximum atomic E-state index is 12.8. The van der Waals surface area contributed by atoms with Crippen LogP contribution in [0.25, 0.3) is 174 Å². The monoisotopic (exact) mass is 1090 g/mol. The molecule has 0 saturated carbocycles. The molecule has 0 fully saturated rings. The van der Waals surface area contributed by atoms with E-state index in [4.69, 9.17) is 0 Å². The van der Waals surface area contributed by atoms with Crippen molar-refractivity contribution in [3.8, 4) is 68.3 Å². The number of hydrogen-bond donors (Lipinski definition) is 0. The van der Waals surface area contributed by atoms with E-state index in [1.165, 1.54) is 43.1 Å². The molecule has 13 aromatic carbocycles. The van der Waals surface area contributed by atoms with Crippen molar-refractivity contribution in [3.05, 3.63) is 266 Å². The third kappa shape index (κ3) is 5.98. The second-order valence-corrected chi connectivity index (χ2v) is 23.5. The Morgan fingerprint density at radius 1 is 0.271 bits per heavy atom. The molecule has 1 aliphatic rings. The van der Waals surface area contributed by atoms with Crippen LogP contribution in [0.3, 0.4) is 0 Å². The van der Waals surface area contributed by atoms with Gasteiger partial charge in [0.15, 0.2) is 0 Å². The highest BCUT2D eigenvalue weighted by atomic mass is 32.1. The SMILES string of the molecule is N#Cc1c(-n2c3ccccc3c3ccccc32)c(C#N)c(-n2c3ccccc3c3ccccc32)c(-n2c3cc(-c4ccc5c6c(cccc46)-c4ccccc4-5)ccc3c3ccc4c5ccccc5sc4c32)c1-n1c2ccccc2c2ccccc21. The Hall–Kier alpha value is -11.5. The van der Waals surface area contributed by atoms with Crippen molar-refractivity contribution in [2.45, 2.75) is 0 Å². The third-order valence-electron chi connectivity index (χ3n) is 18.4. The van der Waals surface area contributed by atoms with Crippen molar-refractivity contribution in [2.75, 3.05) is 0 Å². The largest absolute Gasteiger partial charge is 0.306 e. The van der Waals surface area contributed by atoms with Gasteiger partial charge in [0.25, 0.3) is 0 Å². The molecule has 5 heterocycles. The van der Waals surface area contributed by atoms with Crippen molar-refractivity contribution in [1.29, 1.82) is 10.5 Å². The van der Waals surface area contributed by atoms with Crippen molar-refractivity contribution in [1.82, 2.24) is 18.3 Å². The van der Waals surface area contributed by atoms with E-state index in [2.05, 4.69) is 285 Å². The summed E-state index contributed by atoms with van der Waals surface area (Å²) in [4.78, 5) is 0. The number of thiophene rings is 1. The normalized spacial score (nSPS) is 12.2. The number of benzene rings is 13. The van der Waals surface area contributed by atoms with E-state index in [0.29, 0.717) is 33.9 Å². The van der Waals surface area contributed by atoms with Gasteiger partial charge >= 0.3 is 0 Å². The fourth-order valence-corrected chi connectivity index (χ4v) is 16.3. The average Bonchev–Trinajstić information content (AvgIpc) is 2.21. The number of nitrogens with zero attached hydrogens (tertiary/aromatic N) is 6. The zero-order valence-electron chi connectivity index (χ0n) is 45.3. The highest BCUT2D eigenvalue weighted by molar-refractivity contribution is 7.26. The smallest absolute Gasteiger partial charge is 0.104 e. The molecule has 1 aliphatic carbocycles. The minimum atomic E-state index is 0.371. The molecule has 0 unspecified atom stereocenters. The number of nitriles is 2. The first-order valence-corrected chi connectivity index (χ1v) is 29.5. The molecule has 85 heavy (non-hydrogen) atoms. The van der Waals surface area contributed by atoms with Gasteiger partial charge in [0.05, 0.1) is 71.6 Å². The van der Waals surface area contributed by atoms with Crippen molar-refractivity contribution in [2.24, 2.45) is 0 Å². The molecule has 19 rings (SSSR count). The number of aromatic nitrogens is 4. The van der Waals surface area contributed by atoms with E-state index in [1.54, 1.807) is 11.3 Å². The van der Waals surface area contributed by atoms with Crippen LogP contribution in [0.2, 0.25) is 0 Å². The number of fused-ring (bicyclic) bond motifs is 19. The molecule has 0 atom stereocenters. The molecule has 0 aliphatic heterocycles. The molecule has 0 radical (unpaired) electrons. The van der Waals surface area contributed by atoms with Crippen LogP contribution in [0, 0.1) is 22.7 Å². The summed E-state index contributed by atoms with van der Waals surface area (Å²) in [6.45, 7) is 0. The van der Waals surface area contributed by atoms with Gasteiger partial charge in [-0.15, -0.1) is 11.3 Å². The second-order valence-electron chi connectivity index (χ2n) is 22.4. The Kier molecular flexibility index (Phi) is 9.26. The summed E-state index contributed by atoms with van der Waals surface area (Å²) in [6.07, 6.45) is 0. The Balaban J connectivity index is 1.10. The van der Waals surface area contributed by atoms with Gasteiger partial charge in [-0.2, -0.15) is 10.5 Å². The topological polar surface area (TPSA) is 67.3 Å². The first kappa shape index (κ1) is 46.2. The molecule has 7 heteroatoms. The first-order valence-electron chi connectivity index (χ1n) is 28.7. The quantitative estimate of drug-likeness (QED) is 0.172. The standard InChI is InChI=1S/C78H42N6S/c79-43-62-73(81-64-29-10-3-20-49(64)50-21-4-11-30-65(50)81)63(44-80)75(83-68-33-14-7-24-53(68)54-25-8-15-34-69(54)83)77(74(62)82-66-31-12-5-22-51(66)52-23-6-13-32-67(52)82)84-70-42-45(46-38-39-59-48-19-2-1-18-47(48)58-28-17-27-57(46)72(58)59)36-37-55(70)60-40-41-61-56-26-9-16-35-71(56)85-78(61)76(60)84/h1-42H. The Labute approximate surface area is 489 Å². The fraction of sp³-hybridized carbons (Fsp3) is 0. The van der Waals surface area contributed by atoms with Crippen LogP contribution >= 0.6 is 11.3 Å². The van der Waals surface area contributed by atoms with E-state index in [0.717, 1.165) is 108 Å². The number of rotatable bonds is 5. The summed E-state index contributed by atoms with van der Waals surface area (Å²) < 4.78 is 11.6. The fourth-order valence-electron chi connectivity index (χ4n) is 15.0. The van der Waals surface area contributed by atoms with Crippen molar-refractivity contribution < 1.29 is 0 Å². The molecule has 5 aromatic heterocycles.